The van der Waals surface area contributed by atoms with Crippen LogP contribution >= 0.6 is 35.3 Å². The molecule has 0 saturated heterocycles. The van der Waals surface area contributed by atoms with Crippen molar-refractivity contribution < 1.29 is 0 Å². The average molecular weight is 434 g/mol. The summed E-state index contributed by atoms with van der Waals surface area (Å²) in [6, 6.07) is 1.99. The molecule has 0 unspecified atom stereocenters. The van der Waals surface area contributed by atoms with Gasteiger partial charge in [0.25, 0.3) is 0 Å². The van der Waals surface area contributed by atoms with Crippen LogP contribution < -0.4 is 10.6 Å². The van der Waals surface area contributed by atoms with Crippen LogP contribution in [0, 0.1) is 6.92 Å². The third-order valence-electron chi connectivity index (χ3n) is 3.11. The minimum Gasteiger partial charge on any atom is -0.356 e. The molecule has 0 aromatic carbocycles. The highest BCUT2D eigenvalue weighted by Gasteiger charge is 2.02. The predicted molar refractivity (Wildman–Crippen MR) is 102 cm³/mol. The fourth-order valence-corrected chi connectivity index (χ4v) is 2.75. The van der Waals surface area contributed by atoms with Crippen LogP contribution in [0.2, 0.25) is 0 Å². The predicted octanol–water partition coefficient (Wildman–Crippen LogP) is 2.10. The molecule has 0 bridgehead atoms. The zero-order valence-corrected chi connectivity index (χ0v) is 16.3. The quantitative estimate of drug-likeness (QED) is 0.316. The van der Waals surface area contributed by atoms with E-state index in [2.05, 4.69) is 31.1 Å². The van der Waals surface area contributed by atoms with Gasteiger partial charge in [-0.2, -0.15) is 5.10 Å². The van der Waals surface area contributed by atoms with Crippen molar-refractivity contribution in [3.05, 3.63) is 34.0 Å². The van der Waals surface area contributed by atoms with Crippen LogP contribution in [0.1, 0.15) is 22.8 Å². The zero-order chi connectivity index (χ0) is 15.1. The Morgan fingerprint density at radius 1 is 1.41 bits per heavy atom. The molecule has 6 nitrogen and oxygen atoms in total. The number of aryl methyl sites for hydroxylation is 3. The molecule has 2 rings (SSSR count). The van der Waals surface area contributed by atoms with Gasteiger partial charge < -0.3 is 10.6 Å². The van der Waals surface area contributed by atoms with E-state index < -0.39 is 0 Å². The minimum absolute atomic E-state index is 0. The second kappa shape index (κ2) is 9.78. The Bertz CT molecular complexity index is 592. The van der Waals surface area contributed by atoms with Crippen molar-refractivity contribution in [3.63, 3.8) is 0 Å². The first-order chi connectivity index (χ1) is 10.2. The summed E-state index contributed by atoms with van der Waals surface area (Å²) in [5, 5.41) is 14.0. The molecule has 22 heavy (non-hydrogen) atoms. The van der Waals surface area contributed by atoms with Gasteiger partial charge in [0.2, 0.25) is 0 Å². The molecule has 0 atom stereocenters. The summed E-state index contributed by atoms with van der Waals surface area (Å²) >= 11 is 1.73. The van der Waals surface area contributed by atoms with Gasteiger partial charge in [-0.15, -0.1) is 35.3 Å². The molecule has 2 aromatic rings. The lowest BCUT2D eigenvalue weighted by Crippen LogP contribution is -2.37. The highest BCUT2D eigenvalue weighted by atomic mass is 127. The maximum absolute atomic E-state index is 4.46. The summed E-state index contributed by atoms with van der Waals surface area (Å²) in [4.78, 5) is 8.68. The highest BCUT2D eigenvalue weighted by molar-refractivity contribution is 14.0. The molecule has 0 amide bonds. The molecule has 122 valence electrons. The van der Waals surface area contributed by atoms with E-state index in [0.717, 1.165) is 36.7 Å². The van der Waals surface area contributed by atoms with Crippen molar-refractivity contribution in [3.8, 4) is 0 Å². The van der Waals surface area contributed by atoms with E-state index in [1.807, 2.05) is 24.7 Å². The summed E-state index contributed by atoms with van der Waals surface area (Å²) in [6.07, 6.45) is 3.84. The van der Waals surface area contributed by atoms with Crippen molar-refractivity contribution in [1.82, 2.24) is 25.4 Å². The van der Waals surface area contributed by atoms with Crippen molar-refractivity contribution in [2.24, 2.45) is 12.0 Å². The molecule has 2 heterocycles. The summed E-state index contributed by atoms with van der Waals surface area (Å²) in [5.41, 5.74) is 2.23. The number of thiazole rings is 1. The first-order valence-corrected chi connectivity index (χ1v) is 7.89. The SMILES string of the molecule is CN=C(NCCCc1nc(C)cs1)NCc1ccnn1C.I. The number of nitrogens with zero attached hydrogens (tertiary/aromatic N) is 4. The number of aromatic nitrogens is 3. The molecule has 0 saturated carbocycles. The lowest BCUT2D eigenvalue weighted by Gasteiger charge is -2.11. The Hall–Kier alpha value is -1.16. The van der Waals surface area contributed by atoms with Gasteiger partial charge in [-0.1, -0.05) is 0 Å². The lowest BCUT2D eigenvalue weighted by atomic mass is 10.3. The van der Waals surface area contributed by atoms with Gasteiger partial charge in [-0.05, 0) is 19.4 Å². The highest BCUT2D eigenvalue weighted by Crippen LogP contribution is 2.10. The number of guanidine groups is 1. The summed E-state index contributed by atoms with van der Waals surface area (Å²) < 4.78 is 1.85. The van der Waals surface area contributed by atoms with Gasteiger partial charge in [0.05, 0.1) is 17.2 Å². The van der Waals surface area contributed by atoms with Crippen molar-refractivity contribution in [2.45, 2.75) is 26.3 Å². The van der Waals surface area contributed by atoms with E-state index in [-0.39, 0.29) is 24.0 Å². The van der Waals surface area contributed by atoms with Crippen LogP contribution in [-0.2, 0) is 20.0 Å². The first-order valence-electron chi connectivity index (χ1n) is 7.01. The second-order valence-corrected chi connectivity index (χ2v) is 5.73. The standard InChI is InChI=1S/C14H22N6S.HI/c1-11-10-21-13(19-11)5-4-7-16-14(15-2)17-9-12-6-8-18-20(12)3;/h6,8,10H,4-5,7,9H2,1-3H3,(H2,15,16,17);1H. The summed E-state index contributed by atoms with van der Waals surface area (Å²) in [5.74, 6) is 0.812. The Kier molecular flexibility index (Phi) is 8.39. The fraction of sp³-hybridized carbons (Fsp3) is 0.500. The normalized spacial score (nSPS) is 11.1. The van der Waals surface area contributed by atoms with E-state index in [9.17, 15) is 0 Å². The number of rotatable bonds is 6. The van der Waals surface area contributed by atoms with E-state index in [1.165, 1.54) is 5.01 Å². The molecule has 0 spiro atoms. The van der Waals surface area contributed by atoms with Gasteiger partial charge in [0.15, 0.2) is 5.96 Å². The Balaban J connectivity index is 0.00000242. The largest absolute Gasteiger partial charge is 0.356 e. The monoisotopic (exact) mass is 434 g/mol. The molecule has 0 radical (unpaired) electrons. The van der Waals surface area contributed by atoms with Gasteiger partial charge >= 0.3 is 0 Å². The van der Waals surface area contributed by atoms with Gasteiger partial charge in [-0.3, -0.25) is 9.67 Å². The Morgan fingerprint density at radius 2 is 2.23 bits per heavy atom. The second-order valence-electron chi connectivity index (χ2n) is 4.78. The molecular formula is C14H23IN6S. The molecule has 0 aliphatic carbocycles. The van der Waals surface area contributed by atoms with E-state index in [0.29, 0.717) is 6.54 Å². The van der Waals surface area contributed by atoms with Crippen molar-refractivity contribution >= 4 is 41.3 Å². The summed E-state index contributed by atoms with van der Waals surface area (Å²) in [7, 11) is 3.71. The van der Waals surface area contributed by atoms with Crippen LogP contribution in [0.3, 0.4) is 0 Å². The zero-order valence-electron chi connectivity index (χ0n) is 13.2. The third kappa shape index (κ3) is 5.91. The molecular weight excluding hydrogens is 411 g/mol. The Morgan fingerprint density at radius 3 is 2.82 bits per heavy atom. The number of hydrogen-bond donors (Lipinski definition) is 2. The van der Waals surface area contributed by atoms with Crippen molar-refractivity contribution in [2.75, 3.05) is 13.6 Å². The van der Waals surface area contributed by atoms with E-state index in [1.54, 1.807) is 24.6 Å². The van der Waals surface area contributed by atoms with E-state index >= 15 is 0 Å². The number of aliphatic imine (C=N–C) groups is 1. The van der Waals surface area contributed by atoms with Gasteiger partial charge in [-0.25, -0.2) is 4.98 Å². The van der Waals surface area contributed by atoms with Crippen LogP contribution in [0.5, 0.6) is 0 Å². The van der Waals surface area contributed by atoms with Crippen LogP contribution in [-0.4, -0.2) is 34.3 Å². The van der Waals surface area contributed by atoms with Crippen molar-refractivity contribution in [1.29, 1.82) is 0 Å². The number of halogens is 1. The topological polar surface area (TPSA) is 67.1 Å². The van der Waals surface area contributed by atoms with Gasteiger partial charge in [0, 0.05) is 44.3 Å². The minimum atomic E-state index is 0. The van der Waals surface area contributed by atoms with Gasteiger partial charge in [0.1, 0.15) is 0 Å². The average Bonchev–Trinajstić information content (AvgIpc) is 3.07. The van der Waals surface area contributed by atoms with Crippen LogP contribution in [0.15, 0.2) is 22.6 Å². The van der Waals surface area contributed by atoms with E-state index in [4.69, 9.17) is 0 Å². The Labute approximate surface area is 152 Å². The first kappa shape index (κ1) is 18.9. The molecule has 8 heteroatoms. The molecule has 0 aliphatic rings. The molecule has 0 fully saturated rings. The number of nitrogens with one attached hydrogen (secondary N) is 2. The van der Waals surface area contributed by atoms with Crippen LogP contribution in [0.4, 0.5) is 0 Å². The smallest absolute Gasteiger partial charge is 0.191 e. The molecule has 2 aromatic heterocycles. The molecule has 0 aliphatic heterocycles. The maximum Gasteiger partial charge on any atom is 0.191 e. The number of hydrogen-bond acceptors (Lipinski definition) is 4. The third-order valence-corrected chi connectivity index (χ3v) is 4.14. The lowest BCUT2D eigenvalue weighted by molar-refractivity contribution is 0.679. The summed E-state index contributed by atoms with van der Waals surface area (Å²) in [6.45, 7) is 3.62. The fourth-order valence-electron chi connectivity index (χ4n) is 1.93. The maximum atomic E-state index is 4.46. The van der Waals surface area contributed by atoms with Crippen LogP contribution in [0.25, 0.3) is 0 Å². The molecule has 2 N–H and O–H groups in total.